The van der Waals surface area contributed by atoms with Gasteiger partial charge in [0.1, 0.15) is 13.2 Å². The van der Waals surface area contributed by atoms with Crippen molar-refractivity contribution < 1.29 is 34.2 Å². The molecule has 1 heterocycles. The van der Waals surface area contributed by atoms with Gasteiger partial charge in [-0.15, -0.1) is 0 Å². The van der Waals surface area contributed by atoms with E-state index in [4.69, 9.17) is 14.2 Å². The van der Waals surface area contributed by atoms with Gasteiger partial charge in [-0.2, -0.15) is 5.23 Å². The normalized spacial score (nSPS) is 16.6. The van der Waals surface area contributed by atoms with Gasteiger partial charge in [-0.1, -0.05) is 48.5 Å². The number of nitrogens with one attached hydrogen (secondary N) is 2. The second-order valence-electron chi connectivity index (χ2n) is 8.11. The number of benzene rings is 2. The highest BCUT2D eigenvalue weighted by molar-refractivity contribution is 6.00. The van der Waals surface area contributed by atoms with E-state index in [1.165, 1.54) is 19.2 Å². The van der Waals surface area contributed by atoms with Gasteiger partial charge in [0.05, 0.1) is 23.7 Å². The molecule has 2 aromatic rings. The number of quaternary nitrogens is 1. The molecule has 2 aromatic carbocycles. The molecule has 3 N–H and O–H groups in total. The van der Waals surface area contributed by atoms with E-state index in [1.54, 1.807) is 32.1 Å². The Morgan fingerprint density at radius 2 is 1.67 bits per heavy atom. The third-order valence-electron chi connectivity index (χ3n) is 5.61. The van der Waals surface area contributed by atoms with Crippen LogP contribution in [0.1, 0.15) is 30.9 Å². The lowest BCUT2D eigenvalue weighted by Crippen LogP contribution is -2.99. The molecule has 1 aliphatic heterocycles. The molecule has 190 valence electrons. The lowest BCUT2D eigenvalue weighted by atomic mass is 9.80. The summed E-state index contributed by atoms with van der Waals surface area (Å²) in [4.78, 5) is 26.4. The molecule has 0 spiro atoms. The van der Waals surface area contributed by atoms with Crippen LogP contribution in [-0.2, 0) is 23.8 Å². The summed E-state index contributed by atoms with van der Waals surface area (Å²) in [6.07, 6.45) is 3.56. The summed E-state index contributed by atoms with van der Waals surface area (Å²) in [6.45, 7) is 3.67. The predicted octanol–water partition coefficient (Wildman–Crippen LogP) is 2.77. The van der Waals surface area contributed by atoms with Gasteiger partial charge in [-0.05, 0) is 31.1 Å². The molecule has 0 fully saturated rings. The molecule has 0 amide bonds. The molecule has 36 heavy (non-hydrogen) atoms. The molecule has 1 aliphatic rings. The molecule has 0 bridgehead atoms. The van der Waals surface area contributed by atoms with Crippen molar-refractivity contribution >= 4 is 23.7 Å². The van der Waals surface area contributed by atoms with E-state index >= 15 is 0 Å². The Labute approximate surface area is 209 Å². The first kappa shape index (κ1) is 26.8. The smallest absolute Gasteiger partial charge is 0.337 e. The molecular weight excluding hydrogens is 464 g/mol. The standard InChI is InChI=1S/C27H30N2O7/c1-18-23(26(30)35-14-8-11-20-9-5-4-6-10-20)25(21-12-7-13-22(17-21)29(32)33)24(19(2)28-18)27(31)36-16-15-34-3/h4-13,17,25,28-29,32H,14-16H2,1-3H3/b11-8+. The van der Waals surface area contributed by atoms with E-state index in [-0.39, 0.29) is 36.7 Å². The van der Waals surface area contributed by atoms with Gasteiger partial charge >= 0.3 is 11.9 Å². The van der Waals surface area contributed by atoms with Crippen molar-refractivity contribution in [2.45, 2.75) is 19.8 Å². The van der Waals surface area contributed by atoms with Crippen molar-refractivity contribution in [1.29, 1.82) is 0 Å². The predicted molar refractivity (Wildman–Crippen MR) is 133 cm³/mol. The third kappa shape index (κ3) is 6.67. The van der Waals surface area contributed by atoms with E-state index in [2.05, 4.69) is 5.32 Å². The first-order valence-corrected chi connectivity index (χ1v) is 11.4. The molecule has 0 saturated carbocycles. The summed E-state index contributed by atoms with van der Waals surface area (Å²) in [5, 5.41) is 23.1. The molecule has 0 saturated heterocycles. The molecule has 0 aliphatic carbocycles. The van der Waals surface area contributed by atoms with Gasteiger partial charge in [0, 0.05) is 30.6 Å². The second-order valence-corrected chi connectivity index (χ2v) is 8.11. The minimum Gasteiger partial charge on any atom is -0.595 e. The highest BCUT2D eigenvalue weighted by Crippen LogP contribution is 2.39. The van der Waals surface area contributed by atoms with E-state index in [0.717, 1.165) is 5.56 Å². The zero-order valence-corrected chi connectivity index (χ0v) is 20.4. The summed E-state index contributed by atoms with van der Waals surface area (Å²) in [6, 6.07) is 15.7. The quantitative estimate of drug-likeness (QED) is 0.262. The Balaban J connectivity index is 1.93. The number of carbonyl (C=O) groups excluding carboxylic acids is 2. The number of methoxy groups -OCH3 is 1. The monoisotopic (exact) mass is 494 g/mol. The molecule has 2 unspecified atom stereocenters. The number of esters is 2. The van der Waals surface area contributed by atoms with E-state index in [9.17, 15) is 20.0 Å². The van der Waals surface area contributed by atoms with Crippen LogP contribution in [0.4, 0.5) is 5.69 Å². The van der Waals surface area contributed by atoms with Crippen molar-refractivity contribution in [3.63, 3.8) is 0 Å². The maximum atomic E-state index is 13.3. The number of hydrogen-bond acceptors (Lipinski definition) is 8. The van der Waals surface area contributed by atoms with Crippen LogP contribution in [0.25, 0.3) is 6.08 Å². The van der Waals surface area contributed by atoms with Gasteiger partial charge < -0.3 is 24.7 Å². The summed E-state index contributed by atoms with van der Waals surface area (Å²) in [7, 11) is 1.49. The molecular formula is C27H30N2O7. The summed E-state index contributed by atoms with van der Waals surface area (Å²) < 4.78 is 15.9. The Bertz CT molecular complexity index is 1170. The Morgan fingerprint density at radius 3 is 2.31 bits per heavy atom. The third-order valence-corrected chi connectivity index (χ3v) is 5.61. The van der Waals surface area contributed by atoms with Crippen LogP contribution in [0, 0.1) is 5.21 Å². The Hall–Kier alpha value is -3.76. The van der Waals surface area contributed by atoms with Crippen LogP contribution in [0.5, 0.6) is 0 Å². The number of ether oxygens (including phenoxy) is 3. The molecule has 0 aromatic heterocycles. The van der Waals surface area contributed by atoms with Gasteiger partial charge in [0.25, 0.3) is 0 Å². The highest BCUT2D eigenvalue weighted by Gasteiger charge is 2.38. The van der Waals surface area contributed by atoms with Gasteiger partial charge in [-0.3, -0.25) is 0 Å². The van der Waals surface area contributed by atoms with Crippen molar-refractivity contribution in [3.05, 3.63) is 99.5 Å². The summed E-state index contributed by atoms with van der Waals surface area (Å²) in [5.74, 6) is -2.14. The number of allylic oxidation sites excluding steroid dienone is 2. The van der Waals surface area contributed by atoms with E-state index < -0.39 is 23.1 Å². The maximum absolute atomic E-state index is 13.3. The fraction of sp³-hybridized carbons (Fsp3) is 0.259. The minimum absolute atomic E-state index is 0.0166. The van der Waals surface area contributed by atoms with Crippen molar-refractivity contribution in [3.8, 4) is 0 Å². The highest BCUT2D eigenvalue weighted by atomic mass is 16.8. The van der Waals surface area contributed by atoms with Gasteiger partial charge in [-0.25, -0.2) is 14.8 Å². The molecule has 0 radical (unpaired) electrons. The second kappa shape index (κ2) is 12.8. The Morgan fingerprint density at radius 1 is 1.00 bits per heavy atom. The zero-order valence-electron chi connectivity index (χ0n) is 20.4. The fourth-order valence-electron chi connectivity index (χ4n) is 3.97. The molecule has 9 heteroatoms. The molecule has 2 atom stereocenters. The minimum atomic E-state index is -1.12. The van der Waals surface area contributed by atoms with Crippen LogP contribution in [0.2, 0.25) is 0 Å². The Kier molecular flexibility index (Phi) is 9.54. The molecule has 3 rings (SSSR count). The first-order chi connectivity index (χ1) is 17.3. The average molecular weight is 495 g/mol. The van der Waals surface area contributed by atoms with Gasteiger partial charge in [0.2, 0.25) is 0 Å². The largest absolute Gasteiger partial charge is 0.595 e. The van der Waals surface area contributed by atoms with Crippen molar-refractivity contribution in [2.75, 3.05) is 26.9 Å². The van der Waals surface area contributed by atoms with Crippen LogP contribution in [0.3, 0.4) is 0 Å². The van der Waals surface area contributed by atoms with Crippen LogP contribution in [0.15, 0.2) is 83.2 Å². The number of carbonyl (C=O) groups is 2. The van der Waals surface area contributed by atoms with Crippen molar-refractivity contribution in [1.82, 2.24) is 5.32 Å². The fourth-order valence-corrected chi connectivity index (χ4v) is 3.97. The number of dihydropyridines is 1. The topological polar surface area (TPSA) is 122 Å². The summed E-state index contributed by atoms with van der Waals surface area (Å²) >= 11 is 0. The van der Waals surface area contributed by atoms with E-state index in [0.29, 0.717) is 17.0 Å². The summed E-state index contributed by atoms with van der Waals surface area (Å²) in [5.41, 5.74) is 2.87. The number of hydrogen-bond donors (Lipinski definition) is 3. The lowest BCUT2D eigenvalue weighted by Gasteiger charge is -2.30. The lowest BCUT2D eigenvalue weighted by molar-refractivity contribution is -0.991. The van der Waals surface area contributed by atoms with E-state index in [1.807, 2.05) is 36.4 Å². The maximum Gasteiger partial charge on any atom is 0.337 e. The van der Waals surface area contributed by atoms with Crippen LogP contribution in [-0.4, -0.2) is 44.1 Å². The number of rotatable bonds is 10. The first-order valence-electron chi connectivity index (χ1n) is 11.4. The van der Waals surface area contributed by atoms with Crippen LogP contribution >= 0.6 is 0 Å². The SMILES string of the molecule is COCCOC(=O)C1=C(C)NC(C)=C(C(=O)OC/C=C/c2ccccc2)C1c1cccc([NH+]([O-])O)c1. The van der Waals surface area contributed by atoms with Gasteiger partial charge in [0.15, 0.2) is 5.69 Å². The van der Waals surface area contributed by atoms with Crippen molar-refractivity contribution in [2.24, 2.45) is 0 Å². The molecule has 9 nitrogen and oxygen atoms in total. The van der Waals surface area contributed by atoms with Crippen LogP contribution < -0.4 is 10.5 Å². The zero-order chi connectivity index (χ0) is 26.1. The average Bonchev–Trinajstić information content (AvgIpc) is 2.86.